The van der Waals surface area contributed by atoms with Gasteiger partial charge in [0.25, 0.3) is 0 Å². The van der Waals surface area contributed by atoms with Crippen molar-refractivity contribution in [2.75, 3.05) is 39.9 Å². The van der Waals surface area contributed by atoms with Crippen molar-refractivity contribution >= 4 is 29.9 Å². The van der Waals surface area contributed by atoms with E-state index in [1.807, 2.05) is 18.5 Å². The van der Waals surface area contributed by atoms with Gasteiger partial charge >= 0.3 is 0 Å². The molecule has 0 amide bonds. The van der Waals surface area contributed by atoms with Crippen molar-refractivity contribution < 1.29 is 4.74 Å². The summed E-state index contributed by atoms with van der Waals surface area (Å²) < 4.78 is 7.10. The van der Waals surface area contributed by atoms with Crippen LogP contribution in [0.25, 0.3) is 0 Å². The standard InChI is InChI=1S/C19H37N7O.HI/c1-16-9-5-6-12-26(16)13-7-10-20-19(21-11-8-14-27-4)22-15-18-24-23-17(2)25(18)3;/h16H,5-15H2,1-4H3,(H2,20,21,22);1H. The Bertz CT molecular complexity index is 579. The first-order valence-electron chi connectivity index (χ1n) is 10.2. The molecule has 1 aromatic heterocycles. The molecule has 1 saturated heterocycles. The van der Waals surface area contributed by atoms with Gasteiger partial charge in [0.05, 0.1) is 0 Å². The minimum Gasteiger partial charge on any atom is -0.385 e. The Hall–Kier alpha value is -0.940. The molecule has 1 aliphatic heterocycles. The molecule has 1 fully saturated rings. The fraction of sp³-hybridized carbons (Fsp3) is 0.842. The van der Waals surface area contributed by atoms with Crippen LogP contribution in [0.3, 0.4) is 0 Å². The summed E-state index contributed by atoms with van der Waals surface area (Å²) in [4.78, 5) is 7.29. The molecule has 1 aromatic rings. The Morgan fingerprint density at radius 1 is 1.21 bits per heavy atom. The van der Waals surface area contributed by atoms with E-state index in [0.717, 1.165) is 62.7 Å². The summed E-state index contributed by atoms with van der Waals surface area (Å²) in [6.07, 6.45) is 6.11. The summed E-state index contributed by atoms with van der Waals surface area (Å²) in [5.74, 6) is 2.60. The van der Waals surface area contributed by atoms with Crippen LogP contribution < -0.4 is 10.6 Å². The van der Waals surface area contributed by atoms with Gasteiger partial charge in [-0.05, 0) is 46.1 Å². The first-order valence-corrected chi connectivity index (χ1v) is 10.2. The maximum Gasteiger partial charge on any atom is 0.191 e. The van der Waals surface area contributed by atoms with Crippen molar-refractivity contribution in [3.05, 3.63) is 11.6 Å². The van der Waals surface area contributed by atoms with Crippen LogP contribution in [0.4, 0.5) is 0 Å². The summed E-state index contributed by atoms with van der Waals surface area (Å²) in [5, 5.41) is 15.1. The smallest absolute Gasteiger partial charge is 0.191 e. The average molecular weight is 507 g/mol. The second kappa shape index (κ2) is 14.1. The highest BCUT2D eigenvalue weighted by molar-refractivity contribution is 14.0. The molecule has 0 spiro atoms. The fourth-order valence-electron chi connectivity index (χ4n) is 3.31. The number of likely N-dealkylation sites (tertiary alicyclic amines) is 1. The second-order valence-electron chi connectivity index (χ2n) is 7.32. The zero-order chi connectivity index (χ0) is 19.5. The van der Waals surface area contributed by atoms with Gasteiger partial charge in [0.1, 0.15) is 12.4 Å². The minimum atomic E-state index is 0. The van der Waals surface area contributed by atoms with Crippen molar-refractivity contribution in [3.63, 3.8) is 0 Å². The lowest BCUT2D eigenvalue weighted by Crippen LogP contribution is -2.41. The summed E-state index contributed by atoms with van der Waals surface area (Å²) in [7, 11) is 3.70. The average Bonchev–Trinajstić information content (AvgIpc) is 2.99. The van der Waals surface area contributed by atoms with Crippen LogP contribution in [0.1, 0.15) is 50.7 Å². The third kappa shape index (κ3) is 8.60. The molecule has 8 nitrogen and oxygen atoms in total. The molecule has 0 saturated carbocycles. The Morgan fingerprint density at radius 2 is 1.96 bits per heavy atom. The van der Waals surface area contributed by atoms with E-state index in [1.165, 1.54) is 25.8 Å². The van der Waals surface area contributed by atoms with Crippen molar-refractivity contribution in [3.8, 4) is 0 Å². The lowest BCUT2D eigenvalue weighted by molar-refractivity contribution is 0.159. The molecular formula is C19H38IN7O. The van der Waals surface area contributed by atoms with Crippen LogP contribution in [0, 0.1) is 6.92 Å². The number of aryl methyl sites for hydroxylation is 1. The number of halogens is 1. The largest absolute Gasteiger partial charge is 0.385 e. The van der Waals surface area contributed by atoms with E-state index in [2.05, 4.69) is 37.6 Å². The molecule has 0 radical (unpaired) electrons. The maximum atomic E-state index is 5.12. The van der Waals surface area contributed by atoms with Crippen LogP contribution in [0.2, 0.25) is 0 Å². The van der Waals surface area contributed by atoms with Crippen LogP contribution in [0.5, 0.6) is 0 Å². The van der Waals surface area contributed by atoms with E-state index in [4.69, 9.17) is 4.74 Å². The minimum absolute atomic E-state index is 0. The van der Waals surface area contributed by atoms with Gasteiger partial charge in [-0.15, -0.1) is 34.2 Å². The van der Waals surface area contributed by atoms with E-state index < -0.39 is 0 Å². The van der Waals surface area contributed by atoms with E-state index in [9.17, 15) is 0 Å². The van der Waals surface area contributed by atoms with Gasteiger partial charge in [0.2, 0.25) is 0 Å². The SMILES string of the molecule is COCCCNC(=NCc1nnc(C)n1C)NCCCN1CCCCC1C.I. The third-order valence-corrected chi connectivity index (χ3v) is 5.23. The molecule has 0 aromatic carbocycles. The van der Waals surface area contributed by atoms with Crippen molar-refractivity contribution in [2.24, 2.45) is 12.0 Å². The molecule has 2 heterocycles. The quantitative estimate of drug-likeness (QED) is 0.219. The molecule has 1 atom stereocenters. The highest BCUT2D eigenvalue weighted by Crippen LogP contribution is 2.16. The van der Waals surface area contributed by atoms with Gasteiger partial charge in [-0.3, -0.25) is 0 Å². The van der Waals surface area contributed by atoms with Crippen LogP contribution >= 0.6 is 24.0 Å². The molecule has 162 valence electrons. The van der Waals surface area contributed by atoms with Gasteiger partial charge < -0.3 is 24.8 Å². The number of nitrogens with one attached hydrogen (secondary N) is 2. The number of piperidine rings is 1. The van der Waals surface area contributed by atoms with Crippen LogP contribution in [0.15, 0.2) is 4.99 Å². The number of guanidine groups is 1. The van der Waals surface area contributed by atoms with E-state index in [-0.39, 0.29) is 24.0 Å². The first kappa shape index (κ1) is 25.1. The number of aromatic nitrogens is 3. The van der Waals surface area contributed by atoms with Crippen molar-refractivity contribution in [2.45, 2.75) is 58.5 Å². The molecule has 9 heteroatoms. The van der Waals surface area contributed by atoms with Crippen LogP contribution in [-0.2, 0) is 18.3 Å². The predicted molar refractivity (Wildman–Crippen MR) is 124 cm³/mol. The zero-order valence-electron chi connectivity index (χ0n) is 17.9. The molecule has 2 N–H and O–H groups in total. The Kier molecular flexibility index (Phi) is 12.6. The van der Waals surface area contributed by atoms with Gasteiger partial charge in [0.15, 0.2) is 11.8 Å². The van der Waals surface area contributed by atoms with Gasteiger partial charge in [-0.1, -0.05) is 6.42 Å². The number of aliphatic imine (C=N–C) groups is 1. The van der Waals surface area contributed by atoms with Gasteiger partial charge in [0, 0.05) is 46.4 Å². The lowest BCUT2D eigenvalue weighted by Gasteiger charge is -2.33. The van der Waals surface area contributed by atoms with E-state index in [1.54, 1.807) is 7.11 Å². The third-order valence-electron chi connectivity index (χ3n) is 5.23. The molecular weight excluding hydrogens is 469 g/mol. The summed E-state index contributed by atoms with van der Waals surface area (Å²) in [6.45, 7) is 9.69. The van der Waals surface area contributed by atoms with E-state index >= 15 is 0 Å². The second-order valence-corrected chi connectivity index (χ2v) is 7.32. The molecule has 1 unspecified atom stereocenters. The molecule has 1 aliphatic rings. The molecule has 0 aliphatic carbocycles. The number of nitrogens with zero attached hydrogens (tertiary/aromatic N) is 5. The number of hydrogen-bond donors (Lipinski definition) is 2. The summed E-state index contributed by atoms with van der Waals surface area (Å²) >= 11 is 0. The van der Waals surface area contributed by atoms with Crippen molar-refractivity contribution in [1.82, 2.24) is 30.3 Å². The molecule has 2 rings (SSSR count). The normalized spacial score (nSPS) is 18.0. The summed E-state index contributed by atoms with van der Waals surface area (Å²) in [5.41, 5.74) is 0. The van der Waals surface area contributed by atoms with Gasteiger partial charge in [-0.2, -0.15) is 0 Å². The van der Waals surface area contributed by atoms with Crippen molar-refractivity contribution in [1.29, 1.82) is 0 Å². The molecule has 0 bridgehead atoms. The number of methoxy groups -OCH3 is 1. The van der Waals surface area contributed by atoms with E-state index in [0.29, 0.717) is 6.54 Å². The number of hydrogen-bond acceptors (Lipinski definition) is 5. The Labute approximate surface area is 186 Å². The van der Waals surface area contributed by atoms with Gasteiger partial charge in [-0.25, -0.2) is 4.99 Å². The Morgan fingerprint density at radius 3 is 2.61 bits per heavy atom. The topological polar surface area (TPSA) is 79.6 Å². The summed E-state index contributed by atoms with van der Waals surface area (Å²) in [6, 6.07) is 0.721. The molecule has 28 heavy (non-hydrogen) atoms. The number of ether oxygens (including phenoxy) is 1. The first-order chi connectivity index (χ1) is 13.1. The fourth-order valence-corrected chi connectivity index (χ4v) is 3.31. The highest BCUT2D eigenvalue weighted by Gasteiger charge is 2.17. The monoisotopic (exact) mass is 507 g/mol. The zero-order valence-corrected chi connectivity index (χ0v) is 20.2. The Balaban J connectivity index is 0.00000392. The number of rotatable bonds is 10. The lowest BCUT2D eigenvalue weighted by atomic mass is 10.0. The maximum absolute atomic E-state index is 5.12. The van der Waals surface area contributed by atoms with Crippen LogP contribution in [-0.4, -0.2) is 71.6 Å². The highest BCUT2D eigenvalue weighted by atomic mass is 127. The predicted octanol–water partition coefficient (Wildman–Crippen LogP) is 2.08.